The van der Waals surface area contributed by atoms with Crippen LogP contribution in [0.3, 0.4) is 0 Å². The Morgan fingerprint density at radius 3 is 1.67 bits per heavy atom. The number of nitrogens with zero attached hydrogens (tertiary/aromatic N) is 2. The predicted octanol–water partition coefficient (Wildman–Crippen LogP) is 2.56. The second-order valence-electron chi connectivity index (χ2n) is 4.78. The summed E-state index contributed by atoms with van der Waals surface area (Å²) in [7, 11) is 0. The van der Waals surface area contributed by atoms with Crippen LogP contribution in [0, 0.1) is 0 Å². The molecule has 0 spiro atoms. The molecule has 104 valence electrons. The molecule has 0 amide bonds. The Balaban J connectivity index is 1.99. The number of rotatable bonds is 2. The minimum absolute atomic E-state index is 0.571. The fourth-order valence-electron chi connectivity index (χ4n) is 2.07. The van der Waals surface area contributed by atoms with Crippen molar-refractivity contribution in [2.24, 2.45) is 0 Å². The Kier molecular flexibility index (Phi) is 3.16. The van der Waals surface area contributed by atoms with Crippen molar-refractivity contribution in [3.8, 4) is 22.5 Å². The second kappa shape index (κ2) is 5.13. The van der Waals surface area contributed by atoms with Crippen molar-refractivity contribution in [2.75, 3.05) is 17.2 Å². The van der Waals surface area contributed by atoms with E-state index >= 15 is 0 Å². The van der Waals surface area contributed by atoms with Crippen molar-refractivity contribution < 1.29 is 0 Å². The van der Waals surface area contributed by atoms with Gasteiger partial charge in [0.15, 0.2) is 0 Å². The van der Waals surface area contributed by atoms with Gasteiger partial charge in [0.05, 0.1) is 11.4 Å². The molecule has 0 radical (unpaired) electrons. The second-order valence-corrected chi connectivity index (χ2v) is 4.78. The van der Waals surface area contributed by atoms with Gasteiger partial charge in [0.2, 0.25) is 0 Å². The summed E-state index contributed by atoms with van der Waals surface area (Å²) in [4.78, 5) is 0. The lowest BCUT2D eigenvalue weighted by atomic mass is 10.1. The number of anilines is 3. The summed E-state index contributed by atoms with van der Waals surface area (Å²) >= 11 is 0. The van der Waals surface area contributed by atoms with E-state index in [1.54, 1.807) is 0 Å². The van der Waals surface area contributed by atoms with Crippen LogP contribution in [0.5, 0.6) is 0 Å². The Morgan fingerprint density at radius 2 is 1.14 bits per heavy atom. The van der Waals surface area contributed by atoms with E-state index < -0.39 is 0 Å². The molecule has 0 aliphatic carbocycles. The monoisotopic (exact) mass is 277 g/mol. The number of hydrogen-bond donors (Lipinski definition) is 3. The normalized spacial score (nSPS) is 10.5. The number of nitrogens with two attached hydrogens (primary N) is 3. The minimum Gasteiger partial charge on any atom is -0.399 e. The third-order valence-electron chi connectivity index (χ3n) is 3.21. The van der Waals surface area contributed by atoms with Crippen LogP contribution in [0.2, 0.25) is 0 Å². The fraction of sp³-hybridized carbons (Fsp3) is 0. The maximum absolute atomic E-state index is 6.10. The SMILES string of the molecule is Nc1ccc(-c2cc(N)c(-c3ccc(N)cc3)nn2)cc1. The summed E-state index contributed by atoms with van der Waals surface area (Å²) in [6, 6.07) is 16.6. The lowest BCUT2D eigenvalue weighted by Gasteiger charge is -2.07. The van der Waals surface area contributed by atoms with Gasteiger partial charge in [0.25, 0.3) is 0 Å². The van der Waals surface area contributed by atoms with Crippen molar-refractivity contribution in [3.05, 3.63) is 54.6 Å². The van der Waals surface area contributed by atoms with Crippen LogP contribution in [0.25, 0.3) is 22.5 Å². The molecule has 5 heteroatoms. The lowest BCUT2D eigenvalue weighted by molar-refractivity contribution is 1.05. The van der Waals surface area contributed by atoms with E-state index in [1.807, 2.05) is 54.6 Å². The van der Waals surface area contributed by atoms with E-state index in [1.165, 1.54) is 0 Å². The van der Waals surface area contributed by atoms with Crippen LogP contribution in [0.15, 0.2) is 54.6 Å². The van der Waals surface area contributed by atoms with Crippen molar-refractivity contribution >= 4 is 17.1 Å². The maximum Gasteiger partial charge on any atom is 0.116 e. The molecule has 2 aromatic carbocycles. The van der Waals surface area contributed by atoms with Gasteiger partial charge in [-0.25, -0.2) is 0 Å². The van der Waals surface area contributed by atoms with Crippen LogP contribution in [-0.2, 0) is 0 Å². The molecule has 0 unspecified atom stereocenters. The van der Waals surface area contributed by atoms with Crippen molar-refractivity contribution in [2.45, 2.75) is 0 Å². The summed E-state index contributed by atoms with van der Waals surface area (Å²) < 4.78 is 0. The van der Waals surface area contributed by atoms with Gasteiger partial charge in [0.1, 0.15) is 5.69 Å². The molecule has 1 heterocycles. The van der Waals surface area contributed by atoms with Crippen LogP contribution >= 0.6 is 0 Å². The molecule has 0 saturated carbocycles. The van der Waals surface area contributed by atoms with Gasteiger partial charge in [-0.1, -0.05) is 24.3 Å². The molecule has 0 aliphatic rings. The quantitative estimate of drug-likeness (QED) is 0.624. The highest BCUT2D eigenvalue weighted by Gasteiger charge is 2.08. The Morgan fingerprint density at radius 1 is 0.619 bits per heavy atom. The summed E-state index contributed by atoms with van der Waals surface area (Å²) in [6.45, 7) is 0. The molecule has 21 heavy (non-hydrogen) atoms. The first-order chi connectivity index (χ1) is 10.1. The zero-order valence-corrected chi connectivity index (χ0v) is 11.3. The molecule has 3 rings (SSSR count). The molecular weight excluding hydrogens is 262 g/mol. The highest BCUT2D eigenvalue weighted by atomic mass is 15.1. The molecule has 3 aromatic rings. The fourth-order valence-corrected chi connectivity index (χ4v) is 2.07. The van der Waals surface area contributed by atoms with Gasteiger partial charge in [-0.3, -0.25) is 0 Å². The molecule has 0 saturated heterocycles. The summed E-state index contributed by atoms with van der Waals surface area (Å²) in [5.74, 6) is 0. The molecule has 0 aliphatic heterocycles. The first kappa shape index (κ1) is 12.9. The van der Waals surface area contributed by atoms with Crippen molar-refractivity contribution in [1.29, 1.82) is 0 Å². The standard InChI is InChI=1S/C16H15N5/c17-12-5-1-10(2-6-12)15-9-14(19)16(21-20-15)11-3-7-13(18)8-4-11/h1-9H,17-18H2,(H2,19,20). The van der Waals surface area contributed by atoms with E-state index in [2.05, 4.69) is 10.2 Å². The third-order valence-corrected chi connectivity index (χ3v) is 3.21. The minimum atomic E-state index is 0.571. The predicted molar refractivity (Wildman–Crippen MR) is 86.1 cm³/mol. The van der Waals surface area contributed by atoms with Gasteiger partial charge in [0, 0.05) is 22.5 Å². The van der Waals surface area contributed by atoms with E-state index in [4.69, 9.17) is 17.2 Å². The number of nitrogen functional groups attached to an aromatic ring is 3. The third kappa shape index (κ3) is 2.62. The average Bonchev–Trinajstić information content (AvgIpc) is 2.49. The van der Waals surface area contributed by atoms with Gasteiger partial charge in [-0.2, -0.15) is 0 Å². The van der Waals surface area contributed by atoms with Crippen LogP contribution in [0.4, 0.5) is 17.1 Å². The summed E-state index contributed by atoms with van der Waals surface area (Å²) in [5, 5.41) is 8.47. The summed E-state index contributed by atoms with van der Waals surface area (Å²) in [6.07, 6.45) is 0. The topological polar surface area (TPSA) is 104 Å². The van der Waals surface area contributed by atoms with Crippen LogP contribution in [-0.4, -0.2) is 10.2 Å². The molecule has 6 N–H and O–H groups in total. The van der Waals surface area contributed by atoms with Crippen LogP contribution < -0.4 is 17.2 Å². The Bertz CT molecular complexity index is 764. The number of hydrogen-bond acceptors (Lipinski definition) is 5. The molecule has 1 aromatic heterocycles. The van der Waals surface area contributed by atoms with Gasteiger partial charge in [-0.05, 0) is 30.3 Å². The highest BCUT2D eigenvalue weighted by molar-refractivity contribution is 5.76. The lowest BCUT2D eigenvalue weighted by Crippen LogP contribution is -1.98. The largest absolute Gasteiger partial charge is 0.399 e. The number of aromatic nitrogens is 2. The van der Waals surface area contributed by atoms with Crippen molar-refractivity contribution in [1.82, 2.24) is 10.2 Å². The van der Waals surface area contributed by atoms with Gasteiger partial charge >= 0.3 is 0 Å². The molecular formula is C16H15N5. The van der Waals surface area contributed by atoms with Crippen LogP contribution in [0.1, 0.15) is 0 Å². The van der Waals surface area contributed by atoms with Gasteiger partial charge < -0.3 is 17.2 Å². The smallest absolute Gasteiger partial charge is 0.116 e. The molecule has 0 bridgehead atoms. The zero-order chi connectivity index (χ0) is 14.8. The maximum atomic E-state index is 6.10. The van der Waals surface area contributed by atoms with Crippen molar-refractivity contribution in [3.63, 3.8) is 0 Å². The van der Waals surface area contributed by atoms with E-state index in [-0.39, 0.29) is 0 Å². The average molecular weight is 277 g/mol. The molecule has 5 nitrogen and oxygen atoms in total. The molecule has 0 atom stereocenters. The van der Waals surface area contributed by atoms with Gasteiger partial charge in [-0.15, -0.1) is 10.2 Å². The number of benzene rings is 2. The first-order valence-corrected chi connectivity index (χ1v) is 6.48. The zero-order valence-electron chi connectivity index (χ0n) is 11.3. The van der Waals surface area contributed by atoms with E-state index in [0.29, 0.717) is 28.5 Å². The molecule has 0 fully saturated rings. The first-order valence-electron chi connectivity index (χ1n) is 6.48. The Labute approximate surface area is 122 Å². The Hall–Kier alpha value is -3.08. The highest BCUT2D eigenvalue weighted by Crippen LogP contribution is 2.27. The van der Waals surface area contributed by atoms with E-state index in [9.17, 15) is 0 Å². The summed E-state index contributed by atoms with van der Waals surface area (Å²) in [5.41, 5.74) is 22.6. The van der Waals surface area contributed by atoms with E-state index in [0.717, 1.165) is 11.1 Å².